The lowest BCUT2D eigenvalue weighted by molar-refractivity contribution is -0.113. The first-order chi connectivity index (χ1) is 14.8. The van der Waals surface area contributed by atoms with Gasteiger partial charge in [-0.3, -0.25) is 14.2 Å². The maximum absolute atomic E-state index is 13.0. The molecule has 0 saturated carbocycles. The minimum absolute atomic E-state index is 0.108. The van der Waals surface area contributed by atoms with Crippen LogP contribution in [0.1, 0.15) is 25.8 Å². The summed E-state index contributed by atoms with van der Waals surface area (Å²) in [6.45, 7) is 6.88. The van der Waals surface area contributed by atoms with Gasteiger partial charge in [-0.1, -0.05) is 41.6 Å². The van der Waals surface area contributed by atoms with Crippen molar-refractivity contribution in [2.24, 2.45) is 0 Å². The lowest BCUT2D eigenvalue weighted by atomic mass is 10.2. The van der Waals surface area contributed by atoms with Crippen LogP contribution in [-0.2, 0) is 16.1 Å². The van der Waals surface area contributed by atoms with Crippen LogP contribution in [0.5, 0.6) is 0 Å². The van der Waals surface area contributed by atoms with E-state index in [1.165, 1.54) is 11.8 Å². The van der Waals surface area contributed by atoms with Crippen molar-refractivity contribution in [3.8, 4) is 0 Å². The summed E-state index contributed by atoms with van der Waals surface area (Å²) in [5, 5.41) is 4.52. The van der Waals surface area contributed by atoms with Crippen LogP contribution in [0.25, 0.3) is 10.9 Å². The summed E-state index contributed by atoms with van der Waals surface area (Å²) in [5.74, 6) is -0.0633. The molecule has 3 aromatic rings. The second-order valence-corrected chi connectivity index (χ2v) is 8.82. The van der Waals surface area contributed by atoms with Gasteiger partial charge in [-0.2, -0.15) is 0 Å². The van der Waals surface area contributed by atoms with E-state index in [1.807, 2.05) is 45.0 Å². The van der Waals surface area contributed by atoms with Crippen LogP contribution in [0, 0.1) is 6.92 Å². The molecule has 164 valence electrons. The first-order valence-corrected chi connectivity index (χ1v) is 11.5. The molecule has 0 fully saturated rings. The molecule has 1 amide bonds. The second-order valence-electron chi connectivity index (χ2n) is 7.44. The fourth-order valence-electron chi connectivity index (χ4n) is 3.04. The first-order valence-electron chi connectivity index (χ1n) is 10.1. The van der Waals surface area contributed by atoms with Gasteiger partial charge >= 0.3 is 0 Å². The van der Waals surface area contributed by atoms with Crippen molar-refractivity contribution in [2.45, 2.75) is 45.0 Å². The minimum atomic E-state index is -0.188. The molecule has 0 radical (unpaired) electrons. The number of ether oxygens (including phenoxy) is 1. The second kappa shape index (κ2) is 10.8. The molecular weight excluding hydrogens is 434 g/mol. The van der Waals surface area contributed by atoms with E-state index < -0.39 is 0 Å². The SMILES string of the molecule is Cc1ccc(Cl)cc1NC(=O)CSc1nc2ccccc2c(=O)n1CCCOC(C)C. The molecule has 0 spiro atoms. The van der Waals surface area contributed by atoms with Crippen molar-refractivity contribution in [3.63, 3.8) is 0 Å². The van der Waals surface area contributed by atoms with Gasteiger partial charge in [0.1, 0.15) is 0 Å². The van der Waals surface area contributed by atoms with Crippen molar-refractivity contribution in [2.75, 3.05) is 17.7 Å². The van der Waals surface area contributed by atoms with Gasteiger partial charge in [-0.05, 0) is 57.0 Å². The first kappa shape index (κ1) is 23.3. The molecule has 31 heavy (non-hydrogen) atoms. The fraction of sp³-hybridized carbons (Fsp3) is 0.348. The number of aryl methyl sites for hydroxylation is 1. The van der Waals surface area contributed by atoms with E-state index in [0.717, 1.165) is 5.56 Å². The van der Waals surface area contributed by atoms with Crippen molar-refractivity contribution in [1.29, 1.82) is 0 Å². The number of benzene rings is 2. The molecule has 0 atom stereocenters. The Kier molecular flexibility index (Phi) is 8.12. The lowest BCUT2D eigenvalue weighted by Crippen LogP contribution is -2.25. The molecule has 6 nitrogen and oxygen atoms in total. The normalized spacial score (nSPS) is 11.3. The Morgan fingerprint density at radius 1 is 1.26 bits per heavy atom. The van der Waals surface area contributed by atoms with E-state index in [2.05, 4.69) is 10.3 Å². The number of para-hydroxylation sites is 1. The highest BCUT2D eigenvalue weighted by Crippen LogP contribution is 2.22. The summed E-state index contributed by atoms with van der Waals surface area (Å²) in [7, 11) is 0. The predicted molar refractivity (Wildman–Crippen MR) is 127 cm³/mol. The van der Waals surface area contributed by atoms with E-state index in [-0.39, 0.29) is 23.3 Å². The van der Waals surface area contributed by atoms with Crippen molar-refractivity contribution >= 4 is 45.9 Å². The quantitative estimate of drug-likeness (QED) is 0.280. The number of nitrogens with zero attached hydrogens (tertiary/aromatic N) is 2. The number of halogens is 1. The number of carbonyl (C=O) groups excluding carboxylic acids is 1. The summed E-state index contributed by atoms with van der Waals surface area (Å²) in [6, 6.07) is 12.6. The van der Waals surface area contributed by atoms with E-state index in [4.69, 9.17) is 16.3 Å². The molecule has 0 aliphatic rings. The number of rotatable bonds is 9. The van der Waals surface area contributed by atoms with Gasteiger partial charge in [0.2, 0.25) is 5.91 Å². The number of thioether (sulfide) groups is 1. The molecule has 1 heterocycles. The number of hydrogen-bond acceptors (Lipinski definition) is 5. The number of carbonyl (C=O) groups is 1. The minimum Gasteiger partial charge on any atom is -0.379 e. The summed E-state index contributed by atoms with van der Waals surface area (Å²) >= 11 is 7.28. The summed E-state index contributed by atoms with van der Waals surface area (Å²) in [5.41, 5.74) is 2.11. The standard InChI is InChI=1S/C23H26ClN3O3S/c1-15(2)30-12-6-11-27-22(29)18-7-4-5-8-19(18)26-23(27)31-14-21(28)25-20-13-17(24)10-9-16(20)3/h4-5,7-10,13,15H,6,11-12,14H2,1-3H3,(H,25,28). The van der Waals surface area contributed by atoms with Gasteiger partial charge in [-0.25, -0.2) is 4.98 Å². The predicted octanol–water partition coefficient (Wildman–Crippen LogP) is 4.90. The van der Waals surface area contributed by atoms with Crippen LogP contribution >= 0.6 is 23.4 Å². The molecule has 0 aliphatic heterocycles. The fourth-order valence-corrected chi connectivity index (χ4v) is 4.04. The Balaban J connectivity index is 1.77. The number of fused-ring (bicyclic) bond motifs is 1. The molecule has 1 N–H and O–H groups in total. The summed E-state index contributed by atoms with van der Waals surface area (Å²) in [4.78, 5) is 30.2. The van der Waals surface area contributed by atoms with Gasteiger partial charge in [0.05, 0.1) is 22.8 Å². The van der Waals surface area contributed by atoms with E-state index >= 15 is 0 Å². The Morgan fingerprint density at radius 3 is 2.81 bits per heavy atom. The monoisotopic (exact) mass is 459 g/mol. The van der Waals surface area contributed by atoms with Gasteiger partial charge in [0.15, 0.2) is 5.16 Å². The Morgan fingerprint density at radius 2 is 2.03 bits per heavy atom. The number of nitrogens with one attached hydrogen (secondary N) is 1. The van der Waals surface area contributed by atoms with Crippen LogP contribution in [0.2, 0.25) is 5.02 Å². The third-order valence-corrected chi connectivity index (χ3v) is 5.82. The number of anilines is 1. The molecule has 2 aromatic carbocycles. The highest BCUT2D eigenvalue weighted by molar-refractivity contribution is 7.99. The van der Waals surface area contributed by atoms with E-state index in [0.29, 0.717) is 46.3 Å². The molecule has 8 heteroatoms. The van der Waals surface area contributed by atoms with Crippen LogP contribution in [0.15, 0.2) is 52.4 Å². The van der Waals surface area contributed by atoms with Gasteiger partial charge in [-0.15, -0.1) is 0 Å². The van der Waals surface area contributed by atoms with Crippen molar-refractivity contribution in [3.05, 3.63) is 63.4 Å². The van der Waals surface area contributed by atoms with Crippen LogP contribution in [0.4, 0.5) is 5.69 Å². The van der Waals surface area contributed by atoms with Gasteiger partial charge < -0.3 is 10.1 Å². The Hall–Kier alpha value is -2.35. The van der Waals surface area contributed by atoms with Gasteiger partial charge in [0.25, 0.3) is 5.56 Å². The van der Waals surface area contributed by atoms with Crippen LogP contribution in [-0.4, -0.2) is 33.9 Å². The Labute approximate surface area is 191 Å². The number of aromatic nitrogens is 2. The highest BCUT2D eigenvalue weighted by atomic mass is 35.5. The summed E-state index contributed by atoms with van der Waals surface area (Å²) < 4.78 is 7.23. The molecule has 3 rings (SSSR count). The number of amides is 1. The average Bonchev–Trinajstić information content (AvgIpc) is 2.73. The average molecular weight is 460 g/mol. The van der Waals surface area contributed by atoms with E-state index in [9.17, 15) is 9.59 Å². The molecule has 0 bridgehead atoms. The molecule has 0 aliphatic carbocycles. The molecule has 0 unspecified atom stereocenters. The van der Waals surface area contributed by atoms with E-state index in [1.54, 1.807) is 22.8 Å². The smallest absolute Gasteiger partial charge is 0.262 e. The maximum Gasteiger partial charge on any atom is 0.262 e. The van der Waals surface area contributed by atoms with Crippen molar-refractivity contribution < 1.29 is 9.53 Å². The number of hydrogen-bond donors (Lipinski definition) is 1. The third kappa shape index (κ3) is 6.32. The maximum atomic E-state index is 13.0. The Bertz CT molecular complexity index is 1130. The largest absolute Gasteiger partial charge is 0.379 e. The molecule has 0 saturated heterocycles. The zero-order chi connectivity index (χ0) is 22.4. The topological polar surface area (TPSA) is 73.2 Å². The molecular formula is C23H26ClN3O3S. The zero-order valence-corrected chi connectivity index (χ0v) is 19.4. The third-order valence-electron chi connectivity index (χ3n) is 4.61. The van der Waals surface area contributed by atoms with Crippen LogP contribution < -0.4 is 10.9 Å². The van der Waals surface area contributed by atoms with Crippen molar-refractivity contribution in [1.82, 2.24) is 9.55 Å². The summed E-state index contributed by atoms with van der Waals surface area (Å²) in [6.07, 6.45) is 0.818. The highest BCUT2D eigenvalue weighted by Gasteiger charge is 2.14. The zero-order valence-electron chi connectivity index (χ0n) is 17.9. The van der Waals surface area contributed by atoms with Gasteiger partial charge in [0, 0.05) is 23.9 Å². The molecule has 1 aromatic heterocycles. The lowest BCUT2D eigenvalue weighted by Gasteiger charge is -2.14. The van der Waals surface area contributed by atoms with Crippen LogP contribution in [0.3, 0.4) is 0 Å².